The molecule has 1 rings (SSSR count). The molecule has 1 unspecified atom stereocenters. The molecule has 0 radical (unpaired) electrons. The van der Waals surface area contributed by atoms with Crippen molar-refractivity contribution in [1.29, 1.82) is 0 Å². The Kier molecular flexibility index (Phi) is 3.62. The van der Waals surface area contributed by atoms with Crippen LogP contribution in [0.4, 0.5) is 13.2 Å². The zero-order valence-corrected chi connectivity index (χ0v) is 8.86. The second-order valence-corrected chi connectivity index (χ2v) is 3.66. The van der Waals surface area contributed by atoms with Gasteiger partial charge in [0.2, 0.25) is 0 Å². The molecule has 0 spiro atoms. The Hall–Kier alpha value is -0.740. The Balaban J connectivity index is 3.17. The number of hydrogen-bond donors (Lipinski definition) is 1. The number of nitrogens with two attached hydrogens (primary N) is 1. The Labute approximate surface area is 91.0 Å². The van der Waals surface area contributed by atoms with Gasteiger partial charge in [-0.1, -0.05) is 18.5 Å². The fraction of sp³-hybridized carbons (Fsp3) is 0.400. The van der Waals surface area contributed by atoms with E-state index in [0.29, 0.717) is 12.0 Å². The van der Waals surface area contributed by atoms with Gasteiger partial charge in [0.25, 0.3) is 0 Å². The van der Waals surface area contributed by atoms with Crippen LogP contribution in [0.1, 0.15) is 30.5 Å². The van der Waals surface area contributed by atoms with E-state index in [4.69, 9.17) is 17.3 Å². The molecule has 5 heteroatoms. The topological polar surface area (TPSA) is 26.0 Å². The highest BCUT2D eigenvalue weighted by Crippen LogP contribution is 2.33. The maximum atomic E-state index is 12.4. The average molecular weight is 238 g/mol. The number of alkyl halides is 3. The maximum absolute atomic E-state index is 12.4. The lowest BCUT2D eigenvalue weighted by Gasteiger charge is -2.14. The van der Waals surface area contributed by atoms with Gasteiger partial charge in [0, 0.05) is 11.1 Å². The summed E-state index contributed by atoms with van der Waals surface area (Å²) in [4.78, 5) is 0. The van der Waals surface area contributed by atoms with Crippen molar-refractivity contribution in [2.75, 3.05) is 0 Å². The van der Waals surface area contributed by atoms with Crippen molar-refractivity contribution < 1.29 is 13.2 Å². The lowest BCUT2D eigenvalue weighted by molar-refractivity contribution is -0.137. The van der Waals surface area contributed by atoms with Gasteiger partial charge in [0.15, 0.2) is 0 Å². The second kappa shape index (κ2) is 4.41. The molecule has 0 heterocycles. The first-order valence-corrected chi connectivity index (χ1v) is 4.86. The molecule has 1 aromatic rings. The summed E-state index contributed by atoms with van der Waals surface area (Å²) in [5, 5.41) is 0.275. The molecule has 0 aliphatic rings. The Bertz CT molecular complexity index is 349. The average Bonchev–Trinajstić information content (AvgIpc) is 2.15. The molecule has 84 valence electrons. The summed E-state index contributed by atoms with van der Waals surface area (Å²) >= 11 is 5.77. The van der Waals surface area contributed by atoms with E-state index in [1.165, 1.54) is 6.07 Å². The molecular formula is C10H11ClF3N. The van der Waals surface area contributed by atoms with Crippen LogP contribution in [0.15, 0.2) is 18.2 Å². The summed E-state index contributed by atoms with van der Waals surface area (Å²) in [5.74, 6) is 0. The van der Waals surface area contributed by atoms with Crippen LogP contribution in [0.25, 0.3) is 0 Å². The van der Waals surface area contributed by atoms with Gasteiger partial charge in [-0.25, -0.2) is 0 Å². The van der Waals surface area contributed by atoms with Crippen LogP contribution in [0, 0.1) is 0 Å². The van der Waals surface area contributed by atoms with Gasteiger partial charge >= 0.3 is 6.18 Å². The summed E-state index contributed by atoms with van der Waals surface area (Å²) in [7, 11) is 0. The van der Waals surface area contributed by atoms with Crippen molar-refractivity contribution in [3.05, 3.63) is 34.3 Å². The van der Waals surface area contributed by atoms with Gasteiger partial charge in [-0.15, -0.1) is 0 Å². The van der Waals surface area contributed by atoms with Gasteiger partial charge in [0.1, 0.15) is 0 Å². The maximum Gasteiger partial charge on any atom is 0.416 e. The first-order chi connectivity index (χ1) is 6.86. The van der Waals surface area contributed by atoms with Gasteiger partial charge in [0.05, 0.1) is 5.56 Å². The molecular weight excluding hydrogens is 227 g/mol. The molecule has 0 aliphatic heterocycles. The molecule has 0 saturated carbocycles. The van der Waals surface area contributed by atoms with E-state index >= 15 is 0 Å². The fourth-order valence-electron chi connectivity index (χ4n) is 1.22. The molecule has 0 aliphatic carbocycles. The number of rotatable bonds is 2. The van der Waals surface area contributed by atoms with E-state index < -0.39 is 17.8 Å². The van der Waals surface area contributed by atoms with Crippen LogP contribution in [-0.2, 0) is 6.18 Å². The summed E-state index contributed by atoms with van der Waals surface area (Å²) < 4.78 is 37.1. The summed E-state index contributed by atoms with van der Waals surface area (Å²) in [6.07, 6.45) is -3.81. The smallest absolute Gasteiger partial charge is 0.324 e. The monoisotopic (exact) mass is 237 g/mol. The van der Waals surface area contributed by atoms with E-state index in [0.717, 1.165) is 12.1 Å². The lowest BCUT2D eigenvalue weighted by Crippen LogP contribution is -2.12. The van der Waals surface area contributed by atoms with Crippen LogP contribution in [-0.4, -0.2) is 0 Å². The quantitative estimate of drug-likeness (QED) is 0.833. The van der Waals surface area contributed by atoms with Crippen LogP contribution >= 0.6 is 11.6 Å². The van der Waals surface area contributed by atoms with E-state index in [1.54, 1.807) is 6.92 Å². The van der Waals surface area contributed by atoms with Crippen molar-refractivity contribution in [3.63, 3.8) is 0 Å². The Morgan fingerprint density at radius 2 is 2.00 bits per heavy atom. The third kappa shape index (κ3) is 2.86. The molecule has 15 heavy (non-hydrogen) atoms. The van der Waals surface area contributed by atoms with Crippen LogP contribution < -0.4 is 5.73 Å². The van der Waals surface area contributed by atoms with Gasteiger partial charge in [-0.05, 0) is 30.2 Å². The van der Waals surface area contributed by atoms with Crippen LogP contribution in [0.3, 0.4) is 0 Å². The first kappa shape index (κ1) is 12.3. The number of benzene rings is 1. The van der Waals surface area contributed by atoms with E-state index in [-0.39, 0.29) is 5.02 Å². The number of hydrogen-bond acceptors (Lipinski definition) is 1. The molecule has 0 saturated heterocycles. The highest BCUT2D eigenvalue weighted by molar-refractivity contribution is 6.31. The SMILES string of the molecule is CCC(N)c1cc(C(F)(F)F)ccc1Cl. The predicted molar refractivity (Wildman–Crippen MR) is 53.7 cm³/mol. The number of halogens is 4. The third-order valence-electron chi connectivity index (χ3n) is 2.16. The molecule has 0 bridgehead atoms. The lowest BCUT2D eigenvalue weighted by atomic mass is 10.0. The van der Waals surface area contributed by atoms with Crippen molar-refractivity contribution >= 4 is 11.6 Å². The van der Waals surface area contributed by atoms with E-state index in [9.17, 15) is 13.2 Å². The normalized spacial score (nSPS) is 14.0. The molecule has 2 N–H and O–H groups in total. The second-order valence-electron chi connectivity index (χ2n) is 3.25. The van der Waals surface area contributed by atoms with Crippen molar-refractivity contribution in [2.45, 2.75) is 25.6 Å². The molecule has 1 aromatic carbocycles. The van der Waals surface area contributed by atoms with E-state index in [2.05, 4.69) is 0 Å². The van der Waals surface area contributed by atoms with Gasteiger partial charge in [-0.3, -0.25) is 0 Å². The summed E-state index contributed by atoms with van der Waals surface area (Å²) in [6, 6.07) is 2.74. The highest BCUT2D eigenvalue weighted by atomic mass is 35.5. The van der Waals surface area contributed by atoms with Gasteiger partial charge in [-0.2, -0.15) is 13.2 Å². The minimum atomic E-state index is -4.35. The Morgan fingerprint density at radius 3 is 2.47 bits per heavy atom. The van der Waals surface area contributed by atoms with Crippen LogP contribution in [0.5, 0.6) is 0 Å². The minimum Gasteiger partial charge on any atom is -0.324 e. The molecule has 0 fully saturated rings. The van der Waals surface area contributed by atoms with Crippen molar-refractivity contribution in [3.8, 4) is 0 Å². The zero-order chi connectivity index (χ0) is 11.6. The Morgan fingerprint density at radius 1 is 1.40 bits per heavy atom. The first-order valence-electron chi connectivity index (χ1n) is 4.48. The standard InChI is InChI=1S/C10H11ClF3N/c1-2-9(15)7-5-6(10(12,13)14)3-4-8(7)11/h3-5,9H,2,15H2,1H3. The summed E-state index contributed by atoms with van der Waals surface area (Å²) in [5.41, 5.74) is 5.28. The largest absolute Gasteiger partial charge is 0.416 e. The van der Waals surface area contributed by atoms with Crippen molar-refractivity contribution in [2.24, 2.45) is 5.73 Å². The zero-order valence-electron chi connectivity index (χ0n) is 8.11. The van der Waals surface area contributed by atoms with Crippen LogP contribution in [0.2, 0.25) is 5.02 Å². The fourth-order valence-corrected chi connectivity index (χ4v) is 1.48. The minimum absolute atomic E-state index is 0.275. The third-order valence-corrected chi connectivity index (χ3v) is 2.51. The molecule has 0 amide bonds. The highest BCUT2D eigenvalue weighted by Gasteiger charge is 2.31. The van der Waals surface area contributed by atoms with E-state index in [1.807, 2.05) is 0 Å². The molecule has 1 atom stereocenters. The molecule has 0 aromatic heterocycles. The summed E-state index contributed by atoms with van der Waals surface area (Å²) in [6.45, 7) is 1.79. The van der Waals surface area contributed by atoms with Crippen molar-refractivity contribution in [1.82, 2.24) is 0 Å². The molecule has 1 nitrogen and oxygen atoms in total. The van der Waals surface area contributed by atoms with Gasteiger partial charge < -0.3 is 5.73 Å². The predicted octanol–water partition coefficient (Wildman–Crippen LogP) is 3.77.